The summed E-state index contributed by atoms with van der Waals surface area (Å²) >= 11 is 0. The van der Waals surface area contributed by atoms with Crippen LogP contribution in [-0.2, 0) is 16.1 Å². The molecule has 1 heterocycles. The fourth-order valence-corrected chi connectivity index (χ4v) is 3.88. The van der Waals surface area contributed by atoms with Crippen LogP contribution in [0.25, 0.3) is 0 Å². The van der Waals surface area contributed by atoms with Crippen LogP contribution >= 0.6 is 0 Å². The van der Waals surface area contributed by atoms with Crippen LogP contribution < -0.4 is 19.7 Å². The first-order valence-corrected chi connectivity index (χ1v) is 10.8. The van der Waals surface area contributed by atoms with Crippen molar-refractivity contribution in [2.24, 2.45) is 0 Å². The number of carbonyl (C=O) groups excluding carboxylic acids is 3. The second-order valence-electron chi connectivity index (χ2n) is 7.77. The van der Waals surface area contributed by atoms with Gasteiger partial charge in [-0.2, -0.15) is 0 Å². The lowest BCUT2D eigenvalue weighted by Gasteiger charge is -2.22. The molecular formula is C26H25N3O5. The molecule has 174 valence electrons. The zero-order valence-corrected chi connectivity index (χ0v) is 18.9. The van der Waals surface area contributed by atoms with Gasteiger partial charge in [0.2, 0.25) is 5.91 Å². The first kappa shape index (κ1) is 22.8. The molecule has 0 unspecified atom stereocenters. The van der Waals surface area contributed by atoms with E-state index >= 15 is 0 Å². The number of nitrogens with one attached hydrogen (secondary N) is 1. The smallest absolute Gasteiger partial charge is 0.332 e. The van der Waals surface area contributed by atoms with Gasteiger partial charge in [0, 0.05) is 18.3 Å². The molecule has 0 bridgehead atoms. The van der Waals surface area contributed by atoms with Crippen LogP contribution in [0.3, 0.4) is 0 Å². The van der Waals surface area contributed by atoms with Crippen molar-refractivity contribution in [2.45, 2.75) is 19.0 Å². The van der Waals surface area contributed by atoms with Crippen molar-refractivity contribution < 1.29 is 23.9 Å². The Hall–Kier alpha value is -4.33. The van der Waals surface area contributed by atoms with Crippen LogP contribution in [0.1, 0.15) is 12.0 Å². The van der Waals surface area contributed by atoms with Gasteiger partial charge in [0.1, 0.15) is 17.5 Å². The summed E-state index contributed by atoms with van der Waals surface area (Å²) < 4.78 is 10.5. The van der Waals surface area contributed by atoms with E-state index in [4.69, 9.17) is 9.47 Å². The molecule has 4 amide bonds. The van der Waals surface area contributed by atoms with E-state index in [1.165, 1.54) is 12.0 Å². The number of para-hydroxylation sites is 1. The van der Waals surface area contributed by atoms with Gasteiger partial charge in [-0.25, -0.2) is 9.69 Å². The fraction of sp³-hybridized carbons (Fsp3) is 0.192. The van der Waals surface area contributed by atoms with Gasteiger partial charge in [0.25, 0.3) is 5.91 Å². The number of amides is 4. The number of methoxy groups -OCH3 is 2. The lowest BCUT2D eigenvalue weighted by atomic mass is 10.1. The lowest BCUT2D eigenvalue weighted by molar-refractivity contribution is -0.124. The predicted octanol–water partition coefficient (Wildman–Crippen LogP) is 4.07. The maximum atomic E-state index is 13.5. The van der Waals surface area contributed by atoms with E-state index in [1.807, 2.05) is 18.2 Å². The Morgan fingerprint density at radius 1 is 0.882 bits per heavy atom. The first-order valence-electron chi connectivity index (χ1n) is 10.8. The monoisotopic (exact) mass is 459 g/mol. The summed E-state index contributed by atoms with van der Waals surface area (Å²) in [6.45, 7) is 0.144. The highest BCUT2D eigenvalue weighted by atomic mass is 16.5. The number of nitrogens with zero attached hydrogens (tertiary/aromatic N) is 2. The van der Waals surface area contributed by atoms with Crippen molar-refractivity contribution in [2.75, 3.05) is 24.4 Å². The summed E-state index contributed by atoms with van der Waals surface area (Å²) in [6, 6.07) is 21.5. The number of hydrogen-bond donors (Lipinski definition) is 1. The molecule has 1 fully saturated rings. The van der Waals surface area contributed by atoms with E-state index in [9.17, 15) is 14.4 Å². The molecule has 0 aliphatic carbocycles. The Bertz CT molecular complexity index is 1200. The van der Waals surface area contributed by atoms with Crippen molar-refractivity contribution in [1.82, 2.24) is 4.90 Å². The van der Waals surface area contributed by atoms with Crippen LogP contribution in [0, 0.1) is 0 Å². The molecule has 8 nitrogen and oxygen atoms in total. The van der Waals surface area contributed by atoms with Crippen LogP contribution in [0.4, 0.5) is 16.2 Å². The van der Waals surface area contributed by atoms with E-state index in [-0.39, 0.29) is 18.9 Å². The van der Waals surface area contributed by atoms with Crippen LogP contribution in [0.2, 0.25) is 0 Å². The number of anilines is 2. The molecule has 1 aliphatic rings. The number of benzene rings is 3. The molecule has 0 spiro atoms. The molecule has 1 aliphatic heterocycles. The Balaban J connectivity index is 1.63. The highest BCUT2D eigenvalue weighted by Crippen LogP contribution is 2.31. The zero-order valence-electron chi connectivity index (χ0n) is 18.9. The molecular weight excluding hydrogens is 434 g/mol. The van der Waals surface area contributed by atoms with Crippen molar-refractivity contribution in [3.63, 3.8) is 0 Å². The number of hydrogen-bond acceptors (Lipinski definition) is 5. The maximum absolute atomic E-state index is 13.5. The summed E-state index contributed by atoms with van der Waals surface area (Å²) in [4.78, 5) is 42.2. The first-order chi connectivity index (χ1) is 16.5. The highest BCUT2D eigenvalue weighted by molar-refractivity contribution is 6.22. The predicted molar refractivity (Wildman–Crippen MR) is 128 cm³/mol. The topological polar surface area (TPSA) is 88.2 Å². The Labute approximate surface area is 197 Å². The third-order valence-corrected chi connectivity index (χ3v) is 5.55. The van der Waals surface area contributed by atoms with Gasteiger partial charge in [0.15, 0.2) is 0 Å². The Morgan fingerprint density at radius 3 is 2.26 bits per heavy atom. The summed E-state index contributed by atoms with van der Waals surface area (Å²) in [6.07, 6.45) is -0.177. The summed E-state index contributed by atoms with van der Waals surface area (Å²) in [7, 11) is 3.07. The fourth-order valence-electron chi connectivity index (χ4n) is 3.88. The minimum Gasteiger partial charge on any atom is -0.497 e. The van der Waals surface area contributed by atoms with E-state index in [0.717, 1.165) is 10.5 Å². The molecule has 1 atom stereocenters. The molecule has 4 rings (SSSR count). The largest absolute Gasteiger partial charge is 0.497 e. The molecule has 3 aromatic rings. The van der Waals surface area contributed by atoms with E-state index in [2.05, 4.69) is 5.32 Å². The van der Waals surface area contributed by atoms with E-state index in [0.29, 0.717) is 22.9 Å². The molecule has 0 saturated carbocycles. The molecule has 3 aromatic carbocycles. The molecule has 0 aromatic heterocycles. The summed E-state index contributed by atoms with van der Waals surface area (Å²) in [5, 5.41) is 2.79. The molecule has 1 saturated heterocycles. The van der Waals surface area contributed by atoms with Gasteiger partial charge >= 0.3 is 6.03 Å². The van der Waals surface area contributed by atoms with Gasteiger partial charge in [-0.1, -0.05) is 36.4 Å². The van der Waals surface area contributed by atoms with Crippen molar-refractivity contribution >= 4 is 29.2 Å². The Kier molecular flexibility index (Phi) is 6.77. The number of imide groups is 1. The molecule has 34 heavy (non-hydrogen) atoms. The van der Waals surface area contributed by atoms with Gasteiger partial charge in [0.05, 0.1) is 26.3 Å². The quantitative estimate of drug-likeness (QED) is 0.513. The molecule has 1 N–H and O–H groups in total. The second-order valence-corrected chi connectivity index (χ2v) is 7.77. The SMILES string of the molecule is COc1cccc(CN2C(=O)N(c3cccc(OC)c3)C(=O)[C@H]2CC(=O)Nc2ccccc2)c1. The maximum Gasteiger partial charge on any atom is 0.332 e. The molecule has 0 radical (unpaired) electrons. The average Bonchev–Trinajstić information content (AvgIpc) is 3.08. The minimum atomic E-state index is -0.964. The van der Waals surface area contributed by atoms with Crippen LogP contribution in [0.15, 0.2) is 78.9 Å². The van der Waals surface area contributed by atoms with Crippen LogP contribution in [0.5, 0.6) is 11.5 Å². The number of urea groups is 1. The van der Waals surface area contributed by atoms with Crippen LogP contribution in [-0.4, -0.2) is 43.0 Å². The zero-order chi connectivity index (χ0) is 24.1. The van der Waals surface area contributed by atoms with E-state index < -0.39 is 18.0 Å². The average molecular weight is 460 g/mol. The number of carbonyl (C=O) groups is 3. The minimum absolute atomic E-state index is 0.144. The third kappa shape index (κ3) is 4.85. The number of ether oxygens (including phenoxy) is 2. The van der Waals surface area contributed by atoms with Gasteiger partial charge in [-0.15, -0.1) is 0 Å². The van der Waals surface area contributed by atoms with Gasteiger partial charge in [-0.05, 0) is 42.0 Å². The second kappa shape index (κ2) is 10.1. The summed E-state index contributed by atoms with van der Waals surface area (Å²) in [5.41, 5.74) is 1.78. The number of rotatable bonds is 8. The Morgan fingerprint density at radius 2 is 1.56 bits per heavy atom. The summed E-state index contributed by atoms with van der Waals surface area (Å²) in [5.74, 6) is 0.325. The van der Waals surface area contributed by atoms with Gasteiger partial charge < -0.3 is 19.7 Å². The van der Waals surface area contributed by atoms with Crippen molar-refractivity contribution in [1.29, 1.82) is 0 Å². The van der Waals surface area contributed by atoms with E-state index in [1.54, 1.807) is 67.8 Å². The van der Waals surface area contributed by atoms with Gasteiger partial charge in [-0.3, -0.25) is 9.59 Å². The third-order valence-electron chi connectivity index (χ3n) is 5.55. The normalized spacial score (nSPS) is 15.4. The molecule has 8 heteroatoms. The lowest BCUT2D eigenvalue weighted by Crippen LogP contribution is -2.37. The van der Waals surface area contributed by atoms with Crippen molar-refractivity contribution in [3.8, 4) is 11.5 Å². The van der Waals surface area contributed by atoms with Crippen molar-refractivity contribution in [3.05, 3.63) is 84.4 Å². The standard InChI is InChI=1S/C26H25N3O5/c1-33-21-12-6-8-18(14-21)17-28-23(16-24(30)27-19-9-4-3-5-10-19)25(31)29(26(28)32)20-11-7-13-22(15-20)34-2/h3-15,23H,16-17H2,1-2H3,(H,27,30)/t23-/m1/s1. The highest BCUT2D eigenvalue weighted by Gasteiger charge is 2.46.